The highest BCUT2D eigenvalue weighted by molar-refractivity contribution is 7.22. The van der Waals surface area contributed by atoms with Gasteiger partial charge >= 0.3 is 0 Å². The maximum atomic E-state index is 12.1. The van der Waals surface area contributed by atoms with Crippen molar-refractivity contribution in [3.05, 3.63) is 48.0 Å². The number of ether oxygens (including phenoxy) is 2. The number of aromatic nitrogens is 1. The van der Waals surface area contributed by atoms with Gasteiger partial charge in [-0.3, -0.25) is 15.6 Å². The van der Waals surface area contributed by atoms with Crippen LogP contribution in [0.2, 0.25) is 0 Å². The van der Waals surface area contributed by atoms with Crippen LogP contribution >= 0.6 is 11.3 Å². The summed E-state index contributed by atoms with van der Waals surface area (Å²) in [5.41, 5.74) is 6.84. The summed E-state index contributed by atoms with van der Waals surface area (Å²) in [5.74, 6) is 1.23. The first-order chi connectivity index (χ1) is 11.2. The standard InChI is InChI=1S/C16H15N3O3S/c1-21-11-5-3-10(4-6-11)15(20)18-19-16-17-13-8-7-12(22-2)9-14(13)23-16/h3-9H,1-2H3,(H,17,19)(H,18,20). The first-order valence-corrected chi connectivity index (χ1v) is 7.66. The minimum Gasteiger partial charge on any atom is -0.497 e. The molecule has 23 heavy (non-hydrogen) atoms. The second-order valence-electron chi connectivity index (χ2n) is 4.66. The van der Waals surface area contributed by atoms with Crippen molar-refractivity contribution in [3.63, 3.8) is 0 Å². The van der Waals surface area contributed by atoms with E-state index >= 15 is 0 Å². The maximum Gasteiger partial charge on any atom is 0.269 e. The zero-order valence-corrected chi connectivity index (χ0v) is 13.4. The van der Waals surface area contributed by atoms with E-state index in [2.05, 4.69) is 15.8 Å². The lowest BCUT2D eigenvalue weighted by Gasteiger charge is -2.06. The van der Waals surface area contributed by atoms with Crippen LogP contribution < -0.4 is 20.3 Å². The van der Waals surface area contributed by atoms with E-state index in [0.717, 1.165) is 16.0 Å². The number of methoxy groups -OCH3 is 2. The molecule has 0 radical (unpaired) electrons. The smallest absolute Gasteiger partial charge is 0.269 e. The molecule has 118 valence electrons. The highest BCUT2D eigenvalue weighted by Gasteiger charge is 2.08. The second-order valence-corrected chi connectivity index (χ2v) is 5.69. The van der Waals surface area contributed by atoms with Gasteiger partial charge in [-0.25, -0.2) is 4.98 Å². The fraction of sp³-hybridized carbons (Fsp3) is 0.125. The predicted octanol–water partition coefficient (Wildman–Crippen LogP) is 3.07. The monoisotopic (exact) mass is 329 g/mol. The summed E-state index contributed by atoms with van der Waals surface area (Å²) in [5, 5.41) is 0.607. The van der Waals surface area contributed by atoms with Crippen molar-refractivity contribution in [2.75, 3.05) is 19.6 Å². The number of hydrogen-bond donors (Lipinski definition) is 2. The van der Waals surface area contributed by atoms with E-state index in [1.807, 2.05) is 18.2 Å². The Balaban J connectivity index is 1.68. The molecule has 0 aliphatic heterocycles. The molecule has 0 spiro atoms. The van der Waals surface area contributed by atoms with E-state index < -0.39 is 0 Å². The fourth-order valence-electron chi connectivity index (χ4n) is 2.01. The lowest BCUT2D eigenvalue weighted by molar-refractivity contribution is 0.0962. The van der Waals surface area contributed by atoms with Gasteiger partial charge in [0.1, 0.15) is 11.5 Å². The normalized spacial score (nSPS) is 10.3. The van der Waals surface area contributed by atoms with E-state index in [4.69, 9.17) is 9.47 Å². The Labute approximate surface area is 137 Å². The van der Waals surface area contributed by atoms with Crippen LogP contribution in [0.25, 0.3) is 10.2 Å². The van der Waals surface area contributed by atoms with Gasteiger partial charge in [0, 0.05) is 5.56 Å². The summed E-state index contributed by atoms with van der Waals surface area (Å²) in [7, 11) is 3.20. The Hall–Kier alpha value is -2.80. The topological polar surface area (TPSA) is 72.5 Å². The van der Waals surface area contributed by atoms with Crippen molar-refractivity contribution in [2.24, 2.45) is 0 Å². The van der Waals surface area contributed by atoms with Crippen LogP contribution in [-0.4, -0.2) is 25.1 Å². The summed E-state index contributed by atoms with van der Waals surface area (Å²) in [6.07, 6.45) is 0. The predicted molar refractivity (Wildman–Crippen MR) is 90.3 cm³/mol. The summed E-state index contributed by atoms with van der Waals surface area (Å²) in [6.45, 7) is 0. The largest absolute Gasteiger partial charge is 0.497 e. The van der Waals surface area contributed by atoms with Crippen LogP contribution in [0.5, 0.6) is 11.5 Å². The Morgan fingerprint density at radius 3 is 2.43 bits per heavy atom. The molecule has 7 heteroatoms. The number of nitrogens with one attached hydrogen (secondary N) is 2. The summed E-state index contributed by atoms with van der Waals surface area (Å²) in [6, 6.07) is 12.5. The van der Waals surface area contributed by atoms with Gasteiger partial charge in [-0.05, 0) is 42.5 Å². The van der Waals surface area contributed by atoms with Gasteiger partial charge in [-0.15, -0.1) is 0 Å². The number of carbonyl (C=O) groups excluding carboxylic acids is 1. The molecule has 1 heterocycles. The van der Waals surface area contributed by atoms with Crippen LogP contribution in [0.4, 0.5) is 5.13 Å². The van der Waals surface area contributed by atoms with E-state index in [-0.39, 0.29) is 5.91 Å². The molecule has 3 aromatic rings. The van der Waals surface area contributed by atoms with E-state index in [0.29, 0.717) is 16.4 Å². The third-order valence-corrected chi connectivity index (χ3v) is 4.16. The van der Waals surface area contributed by atoms with Crippen molar-refractivity contribution < 1.29 is 14.3 Å². The number of fused-ring (bicyclic) bond motifs is 1. The molecule has 0 saturated carbocycles. The second kappa shape index (κ2) is 6.53. The molecular weight excluding hydrogens is 314 g/mol. The number of nitrogens with zero attached hydrogens (tertiary/aromatic N) is 1. The van der Waals surface area contributed by atoms with Gasteiger partial charge < -0.3 is 9.47 Å². The van der Waals surface area contributed by atoms with E-state index in [1.54, 1.807) is 38.5 Å². The number of benzene rings is 2. The summed E-state index contributed by atoms with van der Waals surface area (Å²) >= 11 is 1.43. The number of thiazole rings is 1. The molecule has 0 aliphatic rings. The molecule has 6 nitrogen and oxygen atoms in total. The SMILES string of the molecule is COc1ccc(C(=O)NNc2nc3ccc(OC)cc3s2)cc1. The van der Waals surface area contributed by atoms with Gasteiger partial charge in [0.2, 0.25) is 5.13 Å². The van der Waals surface area contributed by atoms with Crippen LogP contribution in [0.3, 0.4) is 0 Å². The number of hydrogen-bond acceptors (Lipinski definition) is 6. The Kier molecular flexibility index (Phi) is 4.29. The molecule has 0 atom stereocenters. The highest BCUT2D eigenvalue weighted by Crippen LogP contribution is 2.28. The molecule has 0 unspecified atom stereocenters. The lowest BCUT2D eigenvalue weighted by Crippen LogP contribution is -2.29. The first-order valence-electron chi connectivity index (χ1n) is 6.84. The van der Waals surface area contributed by atoms with E-state index in [1.165, 1.54) is 11.3 Å². The zero-order valence-electron chi connectivity index (χ0n) is 12.6. The van der Waals surface area contributed by atoms with Crippen molar-refractivity contribution >= 4 is 32.6 Å². The minimum absolute atomic E-state index is 0.246. The number of carbonyl (C=O) groups is 1. The van der Waals surface area contributed by atoms with E-state index in [9.17, 15) is 4.79 Å². The fourth-order valence-corrected chi connectivity index (χ4v) is 2.86. The van der Waals surface area contributed by atoms with Crippen molar-refractivity contribution in [1.82, 2.24) is 10.4 Å². The molecule has 2 N–H and O–H groups in total. The average Bonchev–Trinajstić information content (AvgIpc) is 3.01. The zero-order chi connectivity index (χ0) is 16.2. The molecular formula is C16H15N3O3S. The van der Waals surface area contributed by atoms with Gasteiger partial charge in [0.15, 0.2) is 0 Å². The highest BCUT2D eigenvalue weighted by atomic mass is 32.1. The number of amides is 1. The van der Waals surface area contributed by atoms with Gasteiger partial charge in [-0.1, -0.05) is 11.3 Å². The molecule has 0 fully saturated rings. The number of anilines is 1. The van der Waals surface area contributed by atoms with Crippen LogP contribution in [0, 0.1) is 0 Å². The van der Waals surface area contributed by atoms with Crippen LogP contribution in [0.15, 0.2) is 42.5 Å². The first kappa shape index (κ1) is 15.1. The molecule has 2 aromatic carbocycles. The molecule has 1 amide bonds. The molecule has 0 bridgehead atoms. The van der Waals surface area contributed by atoms with Gasteiger partial charge in [0.25, 0.3) is 5.91 Å². The minimum atomic E-state index is -0.246. The maximum absolute atomic E-state index is 12.1. The van der Waals surface area contributed by atoms with Gasteiger partial charge in [-0.2, -0.15) is 0 Å². The lowest BCUT2D eigenvalue weighted by atomic mass is 10.2. The Morgan fingerprint density at radius 1 is 1.04 bits per heavy atom. The molecule has 3 rings (SSSR count). The number of hydrazine groups is 1. The van der Waals surface area contributed by atoms with Crippen molar-refractivity contribution in [3.8, 4) is 11.5 Å². The average molecular weight is 329 g/mol. The molecule has 0 aliphatic carbocycles. The third-order valence-electron chi connectivity index (χ3n) is 3.23. The number of rotatable bonds is 5. The quantitative estimate of drug-likeness (QED) is 0.704. The summed E-state index contributed by atoms with van der Waals surface area (Å²) in [4.78, 5) is 16.5. The van der Waals surface area contributed by atoms with Crippen LogP contribution in [0.1, 0.15) is 10.4 Å². The molecule has 1 aromatic heterocycles. The van der Waals surface area contributed by atoms with Crippen molar-refractivity contribution in [2.45, 2.75) is 0 Å². The van der Waals surface area contributed by atoms with Crippen molar-refractivity contribution in [1.29, 1.82) is 0 Å². The summed E-state index contributed by atoms with van der Waals surface area (Å²) < 4.78 is 11.2. The third kappa shape index (κ3) is 3.35. The van der Waals surface area contributed by atoms with Gasteiger partial charge in [0.05, 0.1) is 24.4 Å². The molecule has 0 saturated heterocycles. The van der Waals surface area contributed by atoms with Crippen LogP contribution in [-0.2, 0) is 0 Å². The Bertz CT molecular complexity index is 830. The Morgan fingerprint density at radius 2 is 1.74 bits per heavy atom.